The summed E-state index contributed by atoms with van der Waals surface area (Å²) in [6.07, 6.45) is -3.39. The summed E-state index contributed by atoms with van der Waals surface area (Å²) in [6, 6.07) is 0. The summed E-state index contributed by atoms with van der Waals surface area (Å²) in [6.45, 7) is -0.0727. The van der Waals surface area contributed by atoms with Crippen LogP contribution in [0.5, 0.6) is 0 Å². The van der Waals surface area contributed by atoms with Crippen LogP contribution in [-0.4, -0.2) is 44.3 Å². The van der Waals surface area contributed by atoms with Gasteiger partial charge in [-0.3, -0.25) is 0 Å². The van der Waals surface area contributed by atoms with E-state index in [-0.39, 0.29) is 31.8 Å². The summed E-state index contributed by atoms with van der Waals surface area (Å²) < 4.78 is 61.3. The highest BCUT2D eigenvalue weighted by Gasteiger charge is 2.36. The highest BCUT2D eigenvalue weighted by atomic mass is 32.2. The molecule has 0 unspecified atom stereocenters. The van der Waals surface area contributed by atoms with Gasteiger partial charge in [0.25, 0.3) is 0 Å². The molecule has 0 atom stereocenters. The molecule has 0 bridgehead atoms. The number of halogens is 3. The summed E-state index contributed by atoms with van der Waals surface area (Å²) in [5, 5.41) is 0. The number of hydrogen-bond acceptors (Lipinski definition) is 3. The first-order valence-corrected chi connectivity index (χ1v) is 6.82. The van der Waals surface area contributed by atoms with Gasteiger partial charge >= 0.3 is 6.18 Å². The Labute approximate surface area is 98.3 Å². The average Bonchev–Trinajstić information content (AvgIpc) is 2.25. The first-order valence-electron chi connectivity index (χ1n) is 5.21. The third-order valence-corrected chi connectivity index (χ3v) is 4.46. The van der Waals surface area contributed by atoms with E-state index in [0.717, 1.165) is 10.4 Å². The van der Waals surface area contributed by atoms with Crippen molar-refractivity contribution in [2.75, 3.05) is 25.4 Å². The van der Waals surface area contributed by atoms with Crippen LogP contribution < -0.4 is 5.73 Å². The Balaban J connectivity index is 2.66. The minimum Gasteiger partial charge on any atom is -0.330 e. The number of hydrogen-bond donors (Lipinski definition) is 1. The van der Waals surface area contributed by atoms with Gasteiger partial charge in [0.2, 0.25) is 10.0 Å². The lowest BCUT2D eigenvalue weighted by Gasteiger charge is -2.26. The fourth-order valence-corrected chi connectivity index (χ4v) is 3.02. The van der Waals surface area contributed by atoms with E-state index >= 15 is 0 Å². The lowest BCUT2D eigenvalue weighted by Crippen LogP contribution is -2.38. The van der Waals surface area contributed by atoms with Crippen molar-refractivity contribution in [1.29, 1.82) is 0 Å². The topological polar surface area (TPSA) is 63.4 Å². The van der Waals surface area contributed by atoms with Gasteiger partial charge < -0.3 is 5.73 Å². The van der Waals surface area contributed by atoms with Crippen molar-refractivity contribution < 1.29 is 21.6 Å². The Morgan fingerprint density at radius 2 is 2.06 bits per heavy atom. The molecule has 0 saturated heterocycles. The molecule has 100 valence electrons. The van der Waals surface area contributed by atoms with Crippen molar-refractivity contribution in [2.45, 2.75) is 19.0 Å². The number of nitrogens with zero attached hydrogens (tertiary/aromatic N) is 1. The summed E-state index contributed by atoms with van der Waals surface area (Å²) in [5.74, 6) is -0.112. The van der Waals surface area contributed by atoms with Crippen LogP contribution in [0.3, 0.4) is 0 Å². The molecule has 1 heterocycles. The van der Waals surface area contributed by atoms with E-state index in [1.54, 1.807) is 0 Å². The Morgan fingerprint density at radius 1 is 1.41 bits per heavy atom. The third kappa shape index (κ3) is 3.97. The van der Waals surface area contributed by atoms with Gasteiger partial charge in [-0.05, 0) is 19.4 Å². The highest BCUT2D eigenvalue weighted by molar-refractivity contribution is 7.89. The van der Waals surface area contributed by atoms with Crippen molar-refractivity contribution in [1.82, 2.24) is 4.31 Å². The van der Waals surface area contributed by atoms with Crippen LogP contribution in [0.25, 0.3) is 0 Å². The summed E-state index contributed by atoms with van der Waals surface area (Å²) in [5.41, 5.74) is 4.55. The van der Waals surface area contributed by atoms with Crippen LogP contribution in [0.15, 0.2) is 11.6 Å². The monoisotopic (exact) mass is 272 g/mol. The molecule has 0 fully saturated rings. The molecule has 2 N–H and O–H groups in total. The minimum atomic E-state index is -4.35. The normalized spacial score (nSPS) is 19.2. The van der Waals surface area contributed by atoms with E-state index in [1.807, 2.05) is 0 Å². The molecule has 0 aromatic carbocycles. The van der Waals surface area contributed by atoms with Gasteiger partial charge in [0, 0.05) is 18.7 Å². The lowest BCUT2D eigenvalue weighted by atomic mass is 10.1. The van der Waals surface area contributed by atoms with E-state index in [1.165, 1.54) is 0 Å². The first-order chi connectivity index (χ1) is 7.77. The van der Waals surface area contributed by atoms with Crippen LogP contribution in [0.4, 0.5) is 13.2 Å². The molecule has 1 aliphatic rings. The molecule has 0 aromatic heterocycles. The molecule has 4 nitrogen and oxygen atoms in total. The summed E-state index contributed by atoms with van der Waals surface area (Å²) in [4.78, 5) is 0. The van der Waals surface area contributed by atoms with Crippen LogP contribution in [0.2, 0.25) is 0 Å². The van der Waals surface area contributed by atoms with Crippen LogP contribution in [0, 0.1) is 0 Å². The number of alkyl halides is 3. The van der Waals surface area contributed by atoms with Gasteiger partial charge in [0.05, 0.1) is 5.75 Å². The predicted molar refractivity (Wildman–Crippen MR) is 57.8 cm³/mol. The lowest BCUT2D eigenvalue weighted by molar-refractivity contribution is -0.0953. The Hall–Kier alpha value is -0.600. The van der Waals surface area contributed by atoms with Crippen molar-refractivity contribution in [3.63, 3.8) is 0 Å². The maximum absolute atomic E-state index is 12.3. The first kappa shape index (κ1) is 14.5. The van der Waals surface area contributed by atoms with Crippen LogP contribution in [0.1, 0.15) is 12.8 Å². The van der Waals surface area contributed by atoms with E-state index in [9.17, 15) is 21.6 Å². The second-order valence-corrected chi connectivity index (χ2v) is 5.88. The molecular weight excluding hydrogens is 257 g/mol. The van der Waals surface area contributed by atoms with Crippen molar-refractivity contribution in [2.24, 2.45) is 5.73 Å². The van der Waals surface area contributed by atoms with E-state index in [0.29, 0.717) is 6.42 Å². The Morgan fingerprint density at radius 3 is 2.47 bits per heavy atom. The fraction of sp³-hybridized carbons (Fsp3) is 0.778. The maximum atomic E-state index is 12.3. The summed E-state index contributed by atoms with van der Waals surface area (Å²) >= 11 is 0. The highest BCUT2D eigenvalue weighted by Crippen LogP contribution is 2.30. The van der Waals surface area contributed by atoms with Gasteiger partial charge in [-0.1, -0.05) is 6.08 Å². The standard InChI is InChI=1S/C9H15F3N2O2S/c10-9(11,12)8-2-5-14(6-3-8)17(15,16)7-1-4-13/h2H,1,3-7,13H2. The molecular formula is C9H15F3N2O2S. The molecule has 8 heteroatoms. The van der Waals surface area contributed by atoms with Gasteiger partial charge in [-0.2, -0.15) is 17.5 Å². The third-order valence-electron chi connectivity index (χ3n) is 2.54. The molecule has 0 aromatic rings. The van der Waals surface area contributed by atoms with Crippen molar-refractivity contribution in [3.05, 3.63) is 11.6 Å². The smallest absolute Gasteiger partial charge is 0.330 e. The van der Waals surface area contributed by atoms with E-state index in [2.05, 4.69) is 0 Å². The molecule has 0 spiro atoms. The Bertz CT molecular complexity index is 390. The fourth-order valence-electron chi connectivity index (χ4n) is 1.56. The average molecular weight is 272 g/mol. The molecule has 0 radical (unpaired) electrons. The molecule has 0 aliphatic carbocycles. The largest absolute Gasteiger partial charge is 0.412 e. The maximum Gasteiger partial charge on any atom is 0.412 e. The van der Waals surface area contributed by atoms with Gasteiger partial charge in [0.15, 0.2) is 0 Å². The number of rotatable bonds is 4. The minimum absolute atomic E-state index is 0.112. The van der Waals surface area contributed by atoms with Crippen LogP contribution >= 0.6 is 0 Å². The van der Waals surface area contributed by atoms with Crippen LogP contribution in [-0.2, 0) is 10.0 Å². The SMILES string of the molecule is NCCCS(=O)(=O)N1CC=C(C(F)(F)F)CC1. The zero-order valence-corrected chi connectivity index (χ0v) is 10.0. The predicted octanol–water partition coefficient (Wildman–Crippen LogP) is 0.859. The van der Waals surface area contributed by atoms with Gasteiger partial charge in [-0.25, -0.2) is 8.42 Å². The second kappa shape index (κ2) is 5.36. The van der Waals surface area contributed by atoms with Gasteiger partial charge in [0.1, 0.15) is 0 Å². The molecule has 0 amide bonds. The Kier molecular flexibility index (Phi) is 4.56. The van der Waals surface area contributed by atoms with Gasteiger partial charge in [-0.15, -0.1) is 0 Å². The van der Waals surface area contributed by atoms with E-state index < -0.39 is 21.8 Å². The molecule has 1 aliphatic heterocycles. The summed E-state index contributed by atoms with van der Waals surface area (Å²) in [7, 11) is -3.47. The van der Waals surface area contributed by atoms with Crippen molar-refractivity contribution in [3.8, 4) is 0 Å². The number of nitrogens with two attached hydrogens (primary N) is 1. The second-order valence-electron chi connectivity index (χ2n) is 3.79. The van der Waals surface area contributed by atoms with E-state index in [4.69, 9.17) is 5.73 Å². The number of sulfonamides is 1. The molecule has 0 saturated carbocycles. The van der Waals surface area contributed by atoms with Crippen molar-refractivity contribution >= 4 is 10.0 Å². The molecule has 17 heavy (non-hydrogen) atoms. The molecule has 1 rings (SSSR count). The zero-order valence-electron chi connectivity index (χ0n) is 9.20. The zero-order chi connectivity index (χ0) is 13.1. The quantitative estimate of drug-likeness (QED) is 0.772.